The molecule has 3 N–H and O–H groups in total. The smallest absolute Gasteiger partial charge is 0.418 e. The lowest BCUT2D eigenvalue weighted by Gasteiger charge is -2.31. The second kappa shape index (κ2) is 15.3. The highest BCUT2D eigenvalue weighted by atomic mass is 79.9. The monoisotopic (exact) mass is 833 g/mol. The summed E-state index contributed by atoms with van der Waals surface area (Å²) in [5.74, 6) is 2.87. The summed E-state index contributed by atoms with van der Waals surface area (Å²) in [5, 5.41) is 4.07. The molecule has 3 aromatic carbocycles. The predicted molar refractivity (Wildman–Crippen MR) is 209 cm³/mol. The van der Waals surface area contributed by atoms with Crippen molar-refractivity contribution in [2.24, 2.45) is 4.99 Å². The van der Waals surface area contributed by atoms with E-state index in [0.717, 1.165) is 21.2 Å². The molecule has 0 amide bonds. The maximum atomic E-state index is 15.1. The minimum atomic E-state index is -4.77. The molecule has 15 heteroatoms. The van der Waals surface area contributed by atoms with Crippen LogP contribution in [0.5, 0.6) is 17.2 Å². The average Bonchev–Trinajstić information content (AvgIpc) is 3.36. The minimum Gasteiger partial charge on any atom is -0.497 e. The number of nitrogens with zero attached hydrogens (tertiary/aromatic N) is 5. The third-order valence-corrected chi connectivity index (χ3v) is 10.3. The van der Waals surface area contributed by atoms with Crippen molar-refractivity contribution < 1.29 is 27.4 Å². The molecule has 284 valence electrons. The Balaban J connectivity index is 1.40. The highest BCUT2D eigenvalue weighted by molar-refractivity contribution is 9.10. The van der Waals surface area contributed by atoms with E-state index >= 15 is 13.2 Å². The van der Waals surface area contributed by atoms with Gasteiger partial charge >= 0.3 is 6.18 Å². The van der Waals surface area contributed by atoms with E-state index < -0.39 is 11.7 Å². The number of nitrogens with two attached hydrogens (primary N) is 1. The molecule has 0 saturated heterocycles. The number of alkyl halides is 3. The summed E-state index contributed by atoms with van der Waals surface area (Å²) in [4.78, 5) is 17.5. The Morgan fingerprint density at radius 2 is 1.65 bits per heavy atom. The Labute approximate surface area is 328 Å². The summed E-state index contributed by atoms with van der Waals surface area (Å²) in [5.41, 5.74) is 7.58. The second-order valence-corrected chi connectivity index (χ2v) is 14.3. The third kappa shape index (κ3) is 7.61. The van der Waals surface area contributed by atoms with Crippen molar-refractivity contribution in [2.45, 2.75) is 39.2 Å². The molecule has 2 aromatic heterocycles. The van der Waals surface area contributed by atoms with Crippen LogP contribution in [0.1, 0.15) is 40.8 Å². The Kier molecular flexibility index (Phi) is 10.6. The van der Waals surface area contributed by atoms with E-state index in [1.54, 1.807) is 26.6 Å². The van der Waals surface area contributed by atoms with Gasteiger partial charge in [-0.3, -0.25) is 4.99 Å². The first-order valence-electron chi connectivity index (χ1n) is 17.1. The number of methoxy groups -OCH3 is 2. The molecule has 7 rings (SSSR count). The van der Waals surface area contributed by atoms with Gasteiger partial charge in [0.05, 0.1) is 47.1 Å². The number of anilines is 2. The molecule has 0 fully saturated rings. The normalized spacial score (nSPS) is 13.9. The summed E-state index contributed by atoms with van der Waals surface area (Å²) in [6.07, 6.45) is 0.0276. The average molecular weight is 835 g/mol. The van der Waals surface area contributed by atoms with Crippen LogP contribution in [-0.4, -0.2) is 35.8 Å². The van der Waals surface area contributed by atoms with E-state index in [9.17, 15) is 0 Å². The van der Waals surface area contributed by atoms with Crippen LogP contribution in [0.25, 0.3) is 17.1 Å². The number of nitrogen functional groups attached to an aromatic ring is 1. The molecular weight excluding hydrogens is 799 g/mol. The van der Waals surface area contributed by atoms with Crippen LogP contribution in [0, 0.1) is 6.92 Å². The molecule has 2 aliphatic heterocycles. The molecule has 0 radical (unpaired) electrons. The van der Waals surface area contributed by atoms with Crippen molar-refractivity contribution in [3.63, 3.8) is 0 Å². The van der Waals surface area contributed by atoms with Crippen molar-refractivity contribution in [1.29, 1.82) is 0 Å². The number of benzene rings is 3. The largest absolute Gasteiger partial charge is 0.497 e. The number of halogens is 5. The summed E-state index contributed by atoms with van der Waals surface area (Å²) in [7, 11) is 3.17. The van der Waals surface area contributed by atoms with Crippen molar-refractivity contribution >= 4 is 45.0 Å². The first-order chi connectivity index (χ1) is 26.4. The highest BCUT2D eigenvalue weighted by Gasteiger charge is 2.38. The quantitative estimate of drug-likeness (QED) is 0.145. The number of pyridine rings is 2. The Hall–Kier alpha value is -5.47. The van der Waals surface area contributed by atoms with Crippen LogP contribution in [0.2, 0.25) is 5.02 Å². The molecule has 0 aliphatic carbocycles. The lowest BCUT2D eigenvalue weighted by molar-refractivity contribution is -0.137. The number of ether oxygens (including phenoxy) is 3. The van der Waals surface area contributed by atoms with Crippen molar-refractivity contribution in [3.8, 4) is 28.5 Å². The Morgan fingerprint density at radius 1 is 1.02 bits per heavy atom. The summed E-state index contributed by atoms with van der Waals surface area (Å²) < 4.78 is 62.8. The first-order valence-corrected chi connectivity index (χ1v) is 18.3. The molecule has 0 saturated carbocycles. The number of hydrogen-bond acceptors (Lipinski definition) is 10. The molecule has 5 aromatic rings. The van der Waals surface area contributed by atoms with Gasteiger partial charge in [-0.05, 0) is 88.9 Å². The van der Waals surface area contributed by atoms with E-state index in [1.165, 1.54) is 25.3 Å². The third-order valence-electron chi connectivity index (χ3n) is 9.51. The summed E-state index contributed by atoms with van der Waals surface area (Å²) in [6.45, 7) is 4.14. The summed E-state index contributed by atoms with van der Waals surface area (Å²) in [6, 6.07) is 19.5. The fourth-order valence-electron chi connectivity index (χ4n) is 6.77. The predicted octanol–water partition coefficient (Wildman–Crippen LogP) is 7.87. The van der Waals surface area contributed by atoms with Gasteiger partial charge < -0.3 is 35.1 Å². The van der Waals surface area contributed by atoms with E-state index in [4.69, 9.17) is 36.5 Å². The first kappa shape index (κ1) is 37.8. The number of rotatable bonds is 10. The molecule has 0 spiro atoms. The second-order valence-electron chi connectivity index (χ2n) is 13.0. The van der Waals surface area contributed by atoms with E-state index in [0.29, 0.717) is 47.3 Å². The molecule has 1 unspecified atom stereocenters. The Morgan fingerprint density at radius 3 is 2.25 bits per heavy atom. The minimum absolute atomic E-state index is 0.00546. The lowest BCUT2D eigenvalue weighted by atomic mass is 9.99. The van der Waals surface area contributed by atoms with Gasteiger partial charge in [0.15, 0.2) is 0 Å². The van der Waals surface area contributed by atoms with Crippen molar-refractivity contribution in [3.05, 3.63) is 133 Å². The van der Waals surface area contributed by atoms with E-state index in [-0.39, 0.29) is 45.7 Å². The molecule has 10 nitrogen and oxygen atoms in total. The van der Waals surface area contributed by atoms with Gasteiger partial charge in [0.25, 0.3) is 0 Å². The summed E-state index contributed by atoms with van der Waals surface area (Å²) >= 11 is 10.6. The molecular formula is C40H36BrClF3N7O3. The van der Waals surface area contributed by atoms with Crippen LogP contribution in [0.3, 0.4) is 0 Å². The number of aromatic nitrogens is 2. The molecule has 4 heterocycles. The fourth-order valence-corrected chi connectivity index (χ4v) is 7.42. The van der Waals surface area contributed by atoms with E-state index in [2.05, 4.69) is 31.2 Å². The van der Waals surface area contributed by atoms with Crippen LogP contribution < -0.4 is 40.7 Å². The van der Waals surface area contributed by atoms with Gasteiger partial charge in [-0.2, -0.15) is 13.2 Å². The lowest BCUT2D eigenvalue weighted by Crippen LogP contribution is -2.44. The standard InChI is InChI=1S/C40H36BrClF3N7O3/c1-22-15-32(51(19-24-5-9-27(53-3)10-6-24)20-25-7-11-28(54-4)12-8-25)50-36(34(22)40(43,44)45)30-17-31-33-37(35(30)42)48-21-49-39(33)52(13-14-55-31)23(2)29-16-26(41)18-47-38(29)46/h5-18,23,49H,19-21H2,1-4H3,(H2,46,47). The maximum Gasteiger partial charge on any atom is 0.418 e. The van der Waals surface area contributed by atoms with Crippen LogP contribution in [0.4, 0.5) is 24.8 Å². The molecule has 0 bridgehead atoms. The van der Waals surface area contributed by atoms with Gasteiger partial charge in [0.1, 0.15) is 47.6 Å². The number of hydrogen-bond donors (Lipinski definition) is 2. The van der Waals surface area contributed by atoms with Gasteiger partial charge in [-0.15, -0.1) is 0 Å². The topological polar surface area (TPSA) is 110 Å². The SMILES string of the molecule is COc1ccc(CN(Cc2ccc(OC)cc2)c2cc(C)c(C(F)(F)F)c(-c3cc4c5c(c3Cl)=NCNC=5N(C(C)c3cc(Br)cnc3N)C=CO4)n2)cc1. The van der Waals surface area contributed by atoms with Crippen molar-refractivity contribution in [2.75, 3.05) is 31.5 Å². The van der Waals surface area contributed by atoms with Crippen LogP contribution in [0.15, 0.2) is 94.9 Å². The number of nitrogens with one attached hydrogen (secondary N) is 1. The van der Waals surface area contributed by atoms with Crippen LogP contribution in [-0.2, 0) is 19.3 Å². The fraction of sp³-hybridized carbons (Fsp3) is 0.225. The van der Waals surface area contributed by atoms with Gasteiger partial charge in [-0.25, -0.2) is 9.97 Å². The van der Waals surface area contributed by atoms with Gasteiger partial charge in [0, 0.05) is 41.1 Å². The maximum absolute atomic E-state index is 15.1. The molecule has 55 heavy (non-hydrogen) atoms. The van der Waals surface area contributed by atoms with Gasteiger partial charge in [0.2, 0.25) is 0 Å². The van der Waals surface area contributed by atoms with Crippen molar-refractivity contribution in [1.82, 2.24) is 20.2 Å². The molecule has 2 aliphatic rings. The molecule has 1 atom stereocenters. The number of aryl methyl sites for hydroxylation is 1. The highest BCUT2D eigenvalue weighted by Crippen LogP contribution is 2.42. The van der Waals surface area contributed by atoms with E-state index in [1.807, 2.05) is 71.3 Å². The van der Waals surface area contributed by atoms with Gasteiger partial charge in [-0.1, -0.05) is 35.9 Å². The Bertz CT molecular complexity index is 2360. The zero-order valence-electron chi connectivity index (χ0n) is 30.2. The zero-order chi connectivity index (χ0) is 39.0. The van der Waals surface area contributed by atoms with Crippen LogP contribution >= 0.6 is 27.5 Å². The zero-order valence-corrected chi connectivity index (χ0v) is 32.6.